The molecular weight excluding hydrogens is 523 g/mol. The van der Waals surface area contributed by atoms with Crippen LogP contribution in [0.2, 0.25) is 0 Å². The standard InChI is InChI=1S/C25H28F3N5O4S/c1-12-19-21(31-15-6-5-13(28)7-18(15)36-14(9-26)10-27)29-11-30-23(19)38-20(12)22(34)32-16-8-17(16)33-24(35)37-25(2,3)4/h5-7,11,14,16-17H,8-10H2,1-4H3,(H,32,34)(H,33,35)(H,29,30,31)/t16-,17-/m1/s1. The molecule has 1 aliphatic rings. The van der Waals surface area contributed by atoms with Crippen LogP contribution in [0.4, 0.5) is 29.5 Å². The van der Waals surface area contributed by atoms with Crippen molar-refractivity contribution in [3.05, 3.63) is 40.8 Å². The zero-order valence-electron chi connectivity index (χ0n) is 21.2. The van der Waals surface area contributed by atoms with Crippen molar-refractivity contribution in [2.45, 2.75) is 57.9 Å². The van der Waals surface area contributed by atoms with E-state index in [4.69, 9.17) is 9.47 Å². The van der Waals surface area contributed by atoms with Crippen LogP contribution in [0, 0.1) is 12.7 Å². The van der Waals surface area contributed by atoms with E-state index in [1.165, 1.54) is 29.8 Å². The van der Waals surface area contributed by atoms with Crippen LogP contribution in [0.25, 0.3) is 10.2 Å². The highest BCUT2D eigenvalue weighted by Crippen LogP contribution is 2.37. The van der Waals surface area contributed by atoms with Crippen LogP contribution in [-0.4, -0.2) is 59.1 Å². The maximum Gasteiger partial charge on any atom is 0.407 e. The van der Waals surface area contributed by atoms with E-state index >= 15 is 0 Å². The fraction of sp³-hybridized carbons (Fsp3) is 0.440. The first-order chi connectivity index (χ1) is 18.0. The van der Waals surface area contributed by atoms with Gasteiger partial charge in [0, 0.05) is 6.07 Å². The minimum atomic E-state index is -1.38. The number of fused-ring (bicyclic) bond motifs is 1. The number of hydrogen-bond donors (Lipinski definition) is 3. The van der Waals surface area contributed by atoms with Crippen molar-refractivity contribution in [2.24, 2.45) is 0 Å². The number of ether oxygens (including phenoxy) is 2. The number of alkyl halides is 2. The Bertz CT molecular complexity index is 1340. The highest BCUT2D eigenvalue weighted by atomic mass is 32.1. The van der Waals surface area contributed by atoms with Crippen LogP contribution in [-0.2, 0) is 4.74 Å². The highest BCUT2D eigenvalue weighted by molar-refractivity contribution is 7.20. The maximum absolute atomic E-state index is 13.8. The Morgan fingerprint density at radius 1 is 1.16 bits per heavy atom. The molecule has 1 saturated carbocycles. The van der Waals surface area contributed by atoms with Gasteiger partial charge < -0.3 is 25.4 Å². The SMILES string of the molecule is Cc1c(C(=O)N[C@@H]2C[C@H]2NC(=O)OC(C)(C)C)sc2ncnc(Nc3ccc(F)cc3OC(CF)CF)c12. The number of rotatable bonds is 9. The summed E-state index contributed by atoms with van der Waals surface area (Å²) in [6.07, 6.45) is -0.0399. The Labute approximate surface area is 221 Å². The molecule has 1 aliphatic carbocycles. The molecule has 2 atom stereocenters. The highest BCUT2D eigenvalue weighted by Gasteiger charge is 2.41. The fourth-order valence-corrected chi connectivity index (χ4v) is 4.75. The maximum atomic E-state index is 13.8. The molecule has 9 nitrogen and oxygen atoms in total. The van der Waals surface area contributed by atoms with Crippen molar-refractivity contribution in [3.8, 4) is 5.75 Å². The lowest BCUT2D eigenvalue weighted by atomic mass is 10.2. The summed E-state index contributed by atoms with van der Waals surface area (Å²) in [7, 11) is 0. The van der Waals surface area contributed by atoms with Gasteiger partial charge in [0.05, 0.1) is 28.0 Å². The predicted molar refractivity (Wildman–Crippen MR) is 137 cm³/mol. The first kappa shape index (κ1) is 27.4. The molecule has 204 valence electrons. The fourth-order valence-electron chi connectivity index (χ4n) is 3.70. The first-order valence-electron chi connectivity index (χ1n) is 11.9. The number of carbonyl (C=O) groups is 2. The lowest BCUT2D eigenvalue weighted by molar-refractivity contribution is 0.0520. The van der Waals surface area contributed by atoms with Crippen LogP contribution in [0.1, 0.15) is 42.4 Å². The lowest BCUT2D eigenvalue weighted by Crippen LogP contribution is -2.37. The summed E-state index contributed by atoms with van der Waals surface area (Å²) in [5, 5.41) is 9.22. The largest absolute Gasteiger partial charge is 0.483 e. The van der Waals surface area contributed by atoms with E-state index in [1.807, 2.05) is 0 Å². The second-order valence-electron chi connectivity index (χ2n) is 9.84. The molecule has 0 bridgehead atoms. The van der Waals surface area contributed by atoms with Gasteiger partial charge in [0.25, 0.3) is 5.91 Å². The van der Waals surface area contributed by atoms with Gasteiger partial charge in [-0.3, -0.25) is 4.79 Å². The zero-order chi connectivity index (χ0) is 27.6. The molecule has 0 saturated heterocycles. The number of hydrogen-bond acceptors (Lipinski definition) is 8. The molecule has 3 N–H and O–H groups in total. The summed E-state index contributed by atoms with van der Waals surface area (Å²) in [4.78, 5) is 34.5. The number of anilines is 2. The average molecular weight is 552 g/mol. The number of aryl methyl sites for hydroxylation is 1. The van der Waals surface area contributed by atoms with Gasteiger partial charge >= 0.3 is 6.09 Å². The molecule has 0 unspecified atom stereocenters. The molecule has 2 heterocycles. The van der Waals surface area contributed by atoms with Gasteiger partial charge in [0.1, 0.15) is 47.5 Å². The Morgan fingerprint density at radius 3 is 2.55 bits per heavy atom. The van der Waals surface area contributed by atoms with E-state index in [0.29, 0.717) is 32.9 Å². The number of benzene rings is 1. The second kappa shape index (κ2) is 11.0. The molecule has 38 heavy (non-hydrogen) atoms. The number of alkyl carbamates (subject to hydrolysis) is 1. The number of aromatic nitrogens is 2. The second-order valence-corrected chi connectivity index (χ2v) is 10.8. The quantitative estimate of drug-likeness (QED) is 0.344. The van der Waals surface area contributed by atoms with E-state index in [9.17, 15) is 22.8 Å². The third-order valence-electron chi connectivity index (χ3n) is 5.58. The molecule has 4 rings (SSSR count). The molecular formula is C25H28F3N5O4S. The summed E-state index contributed by atoms with van der Waals surface area (Å²) in [6, 6.07) is 3.10. The van der Waals surface area contributed by atoms with Crippen LogP contribution < -0.4 is 20.7 Å². The first-order valence-corrected chi connectivity index (χ1v) is 12.7. The van der Waals surface area contributed by atoms with Gasteiger partial charge in [0.2, 0.25) is 0 Å². The molecule has 2 amide bonds. The van der Waals surface area contributed by atoms with Crippen LogP contribution in [0.3, 0.4) is 0 Å². The smallest absolute Gasteiger partial charge is 0.407 e. The summed E-state index contributed by atoms with van der Waals surface area (Å²) in [5.41, 5.74) is 0.226. The number of nitrogens with one attached hydrogen (secondary N) is 3. The van der Waals surface area contributed by atoms with Crippen molar-refractivity contribution in [2.75, 3.05) is 18.7 Å². The van der Waals surface area contributed by atoms with Gasteiger partial charge in [-0.25, -0.2) is 27.9 Å². The van der Waals surface area contributed by atoms with Crippen molar-refractivity contribution in [1.29, 1.82) is 0 Å². The molecule has 0 spiro atoms. The third kappa shape index (κ3) is 6.44. The van der Waals surface area contributed by atoms with E-state index in [0.717, 1.165) is 6.07 Å². The Balaban J connectivity index is 1.51. The van der Waals surface area contributed by atoms with Crippen LogP contribution in [0.5, 0.6) is 5.75 Å². The molecule has 1 fully saturated rings. The van der Waals surface area contributed by atoms with Gasteiger partial charge in [-0.15, -0.1) is 11.3 Å². The molecule has 1 aromatic carbocycles. The van der Waals surface area contributed by atoms with E-state index in [2.05, 4.69) is 25.9 Å². The molecule has 2 aromatic heterocycles. The monoisotopic (exact) mass is 551 g/mol. The summed E-state index contributed by atoms with van der Waals surface area (Å²) >= 11 is 1.17. The zero-order valence-corrected chi connectivity index (χ0v) is 22.0. The summed E-state index contributed by atoms with van der Waals surface area (Å²) in [6.45, 7) is 4.89. The number of halogens is 3. The number of nitrogens with zero attached hydrogens (tertiary/aromatic N) is 2. The van der Waals surface area contributed by atoms with Gasteiger partial charge in [-0.1, -0.05) is 0 Å². The predicted octanol–water partition coefficient (Wildman–Crippen LogP) is 4.96. The van der Waals surface area contributed by atoms with Crippen molar-refractivity contribution >= 4 is 45.1 Å². The van der Waals surface area contributed by atoms with Gasteiger partial charge in [-0.2, -0.15) is 0 Å². The lowest BCUT2D eigenvalue weighted by Gasteiger charge is -2.19. The molecule has 0 aliphatic heterocycles. The van der Waals surface area contributed by atoms with Crippen LogP contribution in [0.15, 0.2) is 24.5 Å². The van der Waals surface area contributed by atoms with Crippen molar-refractivity contribution in [3.63, 3.8) is 0 Å². The topological polar surface area (TPSA) is 114 Å². The van der Waals surface area contributed by atoms with Crippen molar-refractivity contribution in [1.82, 2.24) is 20.6 Å². The Hall–Kier alpha value is -3.61. The minimum Gasteiger partial charge on any atom is -0.483 e. The normalized spacial score (nSPS) is 16.8. The Kier molecular flexibility index (Phi) is 7.95. The summed E-state index contributed by atoms with van der Waals surface area (Å²) in [5.74, 6) is -0.734. The minimum absolute atomic E-state index is 0.0832. The van der Waals surface area contributed by atoms with Gasteiger partial charge in [-0.05, 0) is 51.8 Å². The molecule has 13 heteroatoms. The molecule has 3 aromatic rings. The Morgan fingerprint density at radius 2 is 1.87 bits per heavy atom. The van der Waals surface area contributed by atoms with E-state index < -0.39 is 37.0 Å². The summed E-state index contributed by atoms with van der Waals surface area (Å²) < 4.78 is 50.4. The molecule has 0 radical (unpaired) electrons. The van der Waals surface area contributed by atoms with E-state index in [1.54, 1.807) is 27.7 Å². The number of amides is 2. The average Bonchev–Trinajstić information content (AvgIpc) is 3.46. The number of carbonyl (C=O) groups excluding carboxylic acids is 2. The van der Waals surface area contributed by atoms with Crippen LogP contribution >= 0.6 is 11.3 Å². The van der Waals surface area contributed by atoms with Crippen molar-refractivity contribution < 1.29 is 32.2 Å². The van der Waals surface area contributed by atoms with Gasteiger partial charge in [0.15, 0.2) is 6.10 Å². The number of thiophene rings is 1. The van der Waals surface area contributed by atoms with E-state index in [-0.39, 0.29) is 29.4 Å². The third-order valence-corrected chi connectivity index (χ3v) is 6.78.